The van der Waals surface area contributed by atoms with Crippen molar-refractivity contribution in [2.24, 2.45) is 0 Å². The maximum absolute atomic E-state index is 12.8. The zero-order chi connectivity index (χ0) is 27.1. The number of carbonyl (C=O) groups is 3. The van der Waals surface area contributed by atoms with Gasteiger partial charge in [-0.2, -0.15) is 0 Å². The molecule has 0 radical (unpaired) electrons. The minimum Gasteiger partial charge on any atom is -0.485 e. The molecular formula is C29H33N3O6. The van der Waals surface area contributed by atoms with Crippen molar-refractivity contribution in [2.45, 2.75) is 27.3 Å². The van der Waals surface area contributed by atoms with Crippen molar-refractivity contribution >= 4 is 23.3 Å². The third-order valence-corrected chi connectivity index (χ3v) is 6.39. The van der Waals surface area contributed by atoms with Crippen LogP contribution in [0.25, 0.3) is 0 Å². The molecule has 38 heavy (non-hydrogen) atoms. The van der Waals surface area contributed by atoms with Crippen molar-refractivity contribution in [3.8, 4) is 11.5 Å². The number of nitrogens with zero attached hydrogens (tertiary/aromatic N) is 2. The molecular weight excluding hydrogens is 486 g/mol. The summed E-state index contributed by atoms with van der Waals surface area (Å²) in [6.45, 7) is 9.03. The van der Waals surface area contributed by atoms with E-state index in [4.69, 9.17) is 13.9 Å². The summed E-state index contributed by atoms with van der Waals surface area (Å²) < 4.78 is 17.0. The summed E-state index contributed by atoms with van der Waals surface area (Å²) in [5.74, 6) is 0.911. The van der Waals surface area contributed by atoms with Gasteiger partial charge < -0.3 is 24.1 Å². The largest absolute Gasteiger partial charge is 0.485 e. The number of likely N-dealkylation sites (N-methyl/N-ethyl adjacent to an activating group) is 1. The van der Waals surface area contributed by atoms with Gasteiger partial charge in [0.15, 0.2) is 24.8 Å². The monoisotopic (exact) mass is 519 g/mol. The summed E-state index contributed by atoms with van der Waals surface area (Å²) in [5, 5.41) is 2.86. The molecule has 9 nitrogen and oxygen atoms in total. The van der Waals surface area contributed by atoms with Crippen LogP contribution in [-0.2, 0) is 11.3 Å². The van der Waals surface area contributed by atoms with E-state index >= 15 is 0 Å². The van der Waals surface area contributed by atoms with Gasteiger partial charge in [-0.15, -0.1) is 0 Å². The first-order valence-electron chi connectivity index (χ1n) is 12.8. The van der Waals surface area contributed by atoms with Crippen LogP contribution in [0.4, 0.5) is 5.69 Å². The minimum atomic E-state index is -0.307. The number of rotatable bonds is 12. The number of hydrogen-bond acceptors (Lipinski definition) is 7. The first-order chi connectivity index (χ1) is 18.4. The molecule has 0 fully saturated rings. The lowest BCUT2D eigenvalue weighted by molar-refractivity contribution is -0.121. The molecule has 2 amide bonds. The van der Waals surface area contributed by atoms with E-state index in [1.165, 1.54) is 4.90 Å². The van der Waals surface area contributed by atoms with Crippen molar-refractivity contribution in [2.75, 3.05) is 44.3 Å². The predicted octanol–water partition coefficient (Wildman–Crippen LogP) is 3.85. The lowest BCUT2D eigenvalue weighted by atomic mass is 10.1. The molecule has 1 aliphatic heterocycles. The zero-order valence-electron chi connectivity index (χ0n) is 22.0. The first-order valence-corrected chi connectivity index (χ1v) is 12.8. The Kier molecular flexibility index (Phi) is 8.81. The second-order valence-electron chi connectivity index (χ2n) is 9.03. The van der Waals surface area contributed by atoms with Crippen LogP contribution in [0.1, 0.15) is 46.1 Å². The summed E-state index contributed by atoms with van der Waals surface area (Å²) in [5.41, 5.74) is 1.89. The summed E-state index contributed by atoms with van der Waals surface area (Å²) in [6, 6.07) is 15.7. The van der Waals surface area contributed by atoms with Gasteiger partial charge in [-0.25, -0.2) is 0 Å². The first kappa shape index (κ1) is 26.9. The predicted molar refractivity (Wildman–Crippen MR) is 143 cm³/mol. The fourth-order valence-corrected chi connectivity index (χ4v) is 4.18. The van der Waals surface area contributed by atoms with E-state index in [9.17, 15) is 14.4 Å². The van der Waals surface area contributed by atoms with Gasteiger partial charge in [0, 0.05) is 18.7 Å². The van der Waals surface area contributed by atoms with Crippen molar-refractivity contribution in [1.29, 1.82) is 0 Å². The molecule has 1 aliphatic rings. The third-order valence-electron chi connectivity index (χ3n) is 6.39. The fourth-order valence-electron chi connectivity index (χ4n) is 4.18. The SMILES string of the molecule is CCN(CC)CCNC(=O)c1ccc(CN2C(=O)COc3ccc(C(=O)COc4cccc(C)c4)cc32)o1. The minimum absolute atomic E-state index is 0.0966. The van der Waals surface area contributed by atoms with Crippen LogP contribution in [0.3, 0.4) is 0 Å². The maximum atomic E-state index is 12.8. The average molecular weight is 520 g/mol. The van der Waals surface area contributed by atoms with Gasteiger partial charge in [-0.05, 0) is 68.0 Å². The highest BCUT2D eigenvalue weighted by Gasteiger charge is 2.28. The van der Waals surface area contributed by atoms with Crippen LogP contribution in [-0.4, -0.2) is 61.9 Å². The molecule has 0 saturated carbocycles. The Morgan fingerprint density at radius 1 is 1.08 bits per heavy atom. The van der Waals surface area contributed by atoms with E-state index in [0.717, 1.165) is 25.2 Å². The topological polar surface area (TPSA) is 101 Å². The number of benzene rings is 2. The molecule has 0 bridgehead atoms. The quantitative estimate of drug-likeness (QED) is 0.363. The number of amides is 2. The van der Waals surface area contributed by atoms with Crippen molar-refractivity contribution in [1.82, 2.24) is 10.2 Å². The Labute approximate surface area is 222 Å². The molecule has 3 aromatic rings. The van der Waals surface area contributed by atoms with Gasteiger partial charge in [0.05, 0.1) is 12.2 Å². The summed E-state index contributed by atoms with van der Waals surface area (Å²) >= 11 is 0. The van der Waals surface area contributed by atoms with Crippen LogP contribution in [0.2, 0.25) is 0 Å². The van der Waals surface area contributed by atoms with Crippen molar-refractivity contribution in [3.05, 3.63) is 77.2 Å². The Hall–Kier alpha value is -4.11. The van der Waals surface area contributed by atoms with Crippen LogP contribution in [0.15, 0.2) is 59.0 Å². The number of hydrogen-bond donors (Lipinski definition) is 1. The van der Waals surface area contributed by atoms with E-state index in [-0.39, 0.29) is 43.1 Å². The summed E-state index contributed by atoms with van der Waals surface area (Å²) in [7, 11) is 0. The highest BCUT2D eigenvalue weighted by atomic mass is 16.5. The number of furan rings is 1. The van der Waals surface area contributed by atoms with Gasteiger partial charge in [0.25, 0.3) is 11.8 Å². The number of Topliss-reactive ketones (excluding diaryl/α,β-unsaturated/α-hetero) is 1. The van der Waals surface area contributed by atoms with E-state index in [1.807, 2.05) is 25.1 Å². The summed E-state index contributed by atoms with van der Waals surface area (Å²) in [4.78, 5) is 41.8. The normalized spacial score (nSPS) is 12.7. The molecule has 9 heteroatoms. The molecule has 0 aliphatic carbocycles. The van der Waals surface area contributed by atoms with Gasteiger partial charge in [-0.3, -0.25) is 19.3 Å². The van der Waals surface area contributed by atoms with Crippen LogP contribution in [0.5, 0.6) is 11.5 Å². The number of fused-ring (bicyclic) bond motifs is 1. The third kappa shape index (κ3) is 6.60. The molecule has 200 valence electrons. The molecule has 0 atom stereocenters. The van der Waals surface area contributed by atoms with E-state index < -0.39 is 0 Å². The Morgan fingerprint density at radius 3 is 2.66 bits per heavy atom. The number of carbonyl (C=O) groups excluding carboxylic acids is 3. The van der Waals surface area contributed by atoms with Crippen LogP contribution < -0.4 is 19.7 Å². The molecule has 1 aromatic heterocycles. The fraction of sp³-hybridized carbons (Fsp3) is 0.345. The smallest absolute Gasteiger partial charge is 0.287 e. The Balaban J connectivity index is 1.42. The molecule has 2 heterocycles. The number of ether oxygens (including phenoxy) is 2. The zero-order valence-corrected chi connectivity index (χ0v) is 22.0. The van der Waals surface area contributed by atoms with Gasteiger partial charge >= 0.3 is 0 Å². The standard InChI is InChI=1S/C29H33N3O6/c1-4-31(5-2)14-13-30-29(35)27-12-10-23(38-27)17-32-24-16-21(9-11-26(24)37-19-28(32)34)25(33)18-36-22-8-6-7-20(3)15-22/h6-12,15-16H,4-5,13-14,17-19H2,1-3H3,(H,30,35). The van der Waals surface area contributed by atoms with E-state index in [1.54, 1.807) is 36.4 Å². The highest BCUT2D eigenvalue weighted by Crippen LogP contribution is 2.34. The Morgan fingerprint density at radius 2 is 1.89 bits per heavy atom. The second-order valence-corrected chi connectivity index (χ2v) is 9.03. The molecule has 4 rings (SSSR count). The van der Waals surface area contributed by atoms with E-state index in [2.05, 4.69) is 24.1 Å². The number of ketones is 1. The second kappa shape index (κ2) is 12.4. The van der Waals surface area contributed by atoms with Crippen molar-refractivity contribution < 1.29 is 28.3 Å². The maximum Gasteiger partial charge on any atom is 0.287 e. The lowest BCUT2D eigenvalue weighted by Gasteiger charge is -2.29. The number of aryl methyl sites for hydroxylation is 1. The van der Waals surface area contributed by atoms with Crippen LogP contribution in [0, 0.1) is 6.92 Å². The number of anilines is 1. The molecule has 1 N–H and O–H groups in total. The summed E-state index contributed by atoms with van der Waals surface area (Å²) in [6.07, 6.45) is 0. The molecule has 0 saturated heterocycles. The number of nitrogens with one attached hydrogen (secondary N) is 1. The lowest BCUT2D eigenvalue weighted by Crippen LogP contribution is -2.38. The highest BCUT2D eigenvalue weighted by molar-refractivity contribution is 6.02. The average Bonchev–Trinajstić information content (AvgIpc) is 3.40. The van der Waals surface area contributed by atoms with Crippen molar-refractivity contribution in [3.63, 3.8) is 0 Å². The van der Waals surface area contributed by atoms with E-state index in [0.29, 0.717) is 35.1 Å². The van der Waals surface area contributed by atoms with Gasteiger partial charge in [0.1, 0.15) is 17.3 Å². The van der Waals surface area contributed by atoms with Gasteiger partial charge in [0.2, 0.25) is 0 Å². The van der Waals surface area contributed by atoms with Crippen LogP contribution >= 0.6 is 0 Å². The molecule has 0 spiro atoms. The molecule has 2 aromatic carbocycles. The Bertz CT molecular complexity index is 1300. The molecule has 0 unspecified atom stereocenters. The van der Waals surface area contributed by atoms with Gasteiger partial charge in [-0.1, -0.05) is 26.0 Å².